The number of nitrogens with one attached hydrogen (secondary N) is 1. The smallest absolute Gasteiger partial charge is 0.0107 e. The Bertz CT molecular complexity index is 113. The maximum atomic E-state index is 3.37. The summed E-state index contributed by atoms with van der Waals surface area (Å²) in [5, 5.41) is 4.19. The van der Waals surface area contributed by atoms with Crippen molar-refractivity contribution >= 4 is 11.8 Å². The standard InChI is InChI=1S/C9H20N2S/c1-9(12-2)3-6-11-7-4-10-5-8-11/h9-10H,3-8H2,1-2H3. The predicted octanol–water partition coefficient (Wildman–Crippen LogP) is 1.03. The van der Waals surface area contributed by atoms with Gasteiger partial charge in [0.25, 0.3) is 0 Å². The topological polar surface area (TPSA) is 15.3 Å². The van der Waals surface area contributed by atoms with E-state index < -0.39 is 0 Å². The number of thioether (sulfide) groups is 1. The molecule has 3 heteroatoms. The van der Waals surface area contributed by atoms with Gasteiger partial charge in [-0.15, -0.1) is 0 Å². The molecule has 0 amide bonds. The lowest BCUT2D eigenvalue weighted by atomic mass is 10.3. The molecule has 0 aromatic rings. The van der Waals surface area contributed by atoms with Crippen molar-refractivity contribution in [1.29, 1.82) is 0 Å². The van der Waals surface area contributed by atoms with E-state index in [0.717, 1.165) is 5.25 Å². The largest absolute Gasteiger partial charge is 0.314 e. The molecule has 1 saturated heterocycles. The Morgan fingerprint density at radius 3 is 2.67 bits per heavy atom. The first-order chi connectivity index (χ1) is 5.83. The Balaban J connectivity index is 2.05. The lowest BCUT2D eigenvalue weighted by Crippen LogP contribution is -2.44. The van der Waals surface area contributed by atoms with E-state index in [1.54, 1.807) is 0 Å². The van der Waals surface area contributed by atoms with Gasteiger partial charge >= 0.3 is 0 Å². The SMILES string of the molecule is CSC(C)CCN1CCNCC1. The lowest BCUT2D eigenvalue weighted by Gasteiger charge is -2.27. The van der Waals surface area contributed by atoms with Gasteiger partial charge in [-0.1, -0.05) is 6.92 Å². The van der Waals surface area contributed by atoms with Gasteiger partial charge in [-0.3, -0.25) is 0 Å². The number of hydrogen-bond acceptors (Lipinski definition) is 3. The van der Waals surface area contributed by atoms with Crippen LogP contribution < -0.4 is 5.32 Å². The highest BCUT2D eigenvalue weighted by Gasteiger charge is 2.09. The summed E-state index contributed by atoms with van der Waals surface area (Å²) in [4.78, 5) is 2.56. The molecule has 0 aromatic carbocycles. The molecule has 1 heterocycles. The second kappa shape index (κ2) is 5.84. The van der Waals surface area contributed by atoms with E-state index in [4.69, 9.17) is 0 Å². The van der Waals surface area contributed by atoms with Crippen molar-refractivity contribution in [2.75, 3.05) is 39.0 Å². The van der Waals surface area contributed by atoms with Crippen molar-refractivity contribution in [3.05, 3.63) is 0 Å². The number of nitrogens with zero attached hydrogens (tertiary/aromatic N) is 1. The van der Waals surface area contributed by atoms with Crippen LogP contribution in [0.15, 0.2) is 0 Å². The molecular weight excluding hydrogens is 168 g/mol. The molecule has 1 rings (SSSR count). The quantitative estimate of drug-likeness (QED) is 0.709. The normalized spacial score (nSPS) is 22.5. The molecule has 0 radical (unpaired) electrons. The third-order valence-corrected chi connectivity index (χ3v) is 3.50. The molecule has 2 nitrogen and oxygen atoms in total. The fraction of sp³-hybridized carbons (Fsp3) is 1.00. The third kappa shape index (κ3) is 3.78. The van der Waals surface area contributed by atoms with E-state index >= 15 is 0 Å². The zero-order valence-electron chi connectivity index (χ0n) is 8.18. The van der Waals surface area contributed by atoms with Crippen LogP contribution in [0.25, 0.3) is 0 Å². The Morgan fingerprint density at radius 2 is 2.08 bits per heavy atom. The summed E-state index contributed by atoms with van der Waals surface area (Å²) in [5.41, 5.74) is 0. The van der Waals surface area contributed by atoms with Gasteiger partial charge in [-0.2, -0.15) is 11.8 Å². The summed E-state index contributed by atoms with van der Waals surface area (Å²) in [6, 6.07) is 0. The molecule has 72 valence electrons. The van der Waals surface area contributed by atoms with Crippen molar-refractivity contribution in [2.45, 2.75) is 18.6 Å². The Hall–Kier alpha value is 0.270. The van der Waals surface area contributed by atoms with E-state index in [1.807, 2.05) is 11.8 Å². The van der Waals surface area contributed by atoms with Crippen LogP contribution in [0, 0.1) is 0 Å². The van der Waals surface area contributed by atoms with Gasteiger partial charge in [-0.25, -0.2) is 0 Å². The first-order valence-corrected chi connectivity index (χ1v) is 6.07. The summed E-state index contributed by atoms with van der Waals surface area (Å²) in [6.07, 6.45) is 3.53. The first-order valence-electron chi connectivity index (χ1n) is 4.79. The minimum absolute atomic E-state index is 0.819. The van der Waals surface area contributed by atoms with Crippen LogP contribution in [0.3, 0.4) is 0 Å². The highest BCUT2D eigenvalue weighted by atomic mass is 32.2. The zero-order valence-corrected chi connectivity index (χ0v) is 8.99. The van der Waals surface area contributed by atoms with Gasteiger partial charge in [0.1, 0.15) is 0 Å². The van der Waals surface area contributed by atoms with Crippen LogP contribution in [0.2, 0.25) is 0 Å². The third-order valence-electron chi connectivity index (χ3n) is 2.46. The Labute approximate surface area is 80.1 Å². The summed E-state index contributed by atoms with van der Waals surface area (Å²) >= 11 is 1.97. The molecule has 1 aliphatic rings. The van der Waals surface area contributed by atoms with E-state index in [0.29, 0.717) is 0 Å². The van der Waals surface area contributed by atoms with Gasteiger partial charge in [0.2, 0.25) is 0 Å². The minimum Gasteiger partial charge on any atom is -0.314 e. The minimum atomic E-state index is 0.819. The van der Waals surface area contributed by atoms with Crippen molar-refractivity contribution < 1.29 is 0 Å². The van der Waals surface area contributed by atoms with Gasteiger partial charge in [0.05, 0.1) is 0 Å². The second-order valence-electron chi connectivity index (χ2n) is 3.43. The highest BCUT2D eigenvalue weighted by molar-refractivity contribution is 7.99. The van der Waals surface area contributed by atoms with Crippen LogP contribution in [-0.4, -0.2) is 49.1 Å². The lowest BCUT2D eigenvalue weighted by molar-refractivity contribution is 0.239. The van der Waals surface area contributed by atoms with Crippen LogP contribution in [-0.2, 0) is 0 Å². The molecule has 0 saturated carbocycles. The molecule has 1 atom stereocenters. The van der Waals surface area contributed by atoms with Crippen LogP contribution in [0.4, 0.5) is 0 Å². The second-order valence-corrected chi connectivity index (χ2v) is 4.70. The van der Waals surface area contributed by atoms with E-state index in [2.05, 4.69) is 23.4 Å². The van der Waals surface area contributed by atoms with E-state index in [9.17, 15) is 0 Å². The fourth-order valence-corrected chi connectivity index (χ4v) is 1.76. The predicted molar refractivity (Wildman–Crippen MR) is 56.9 cm³/mol. The Kier molecular flexibility index (Phi) is 5.04. The number of hydrogen-bond donors (Lipinski definition) is 1. The van der Waals surface area contributed by atoms with E-state index in [1.165, 1.54) is 39.1 Å². The van der Waals surface area contributed by atoms with Crippen LogP contribution in [0.5, 0.6) is 0 Å². The average molecular weight is 188 g/mol. The summed E-state index contributed by atoms with van der Waals surface area (Å²) < 4.78 is 0. The van der Waals surface area contributed by atoms with Crippen molar-refractivity contribution in [2.24, 2.45) is 0 Å². The van der Waals surface area contributed by atoms with Crippen molar-refractivity contribution in [3.63, 3.8) is 0 Å². The summed E-state index contributed by atoms with van der Waals surface area (Å²) in [7, 11) is 0. The van der Waals surface area contributed by atoms with E-state index in [-0.39, 0.29) is 0 Å². The molecule has 1 N–H and O–H groups in total. The molecular formula is C9H20N2S. The fourth-order valence-electron chi connectivity index (χ4n) is 1.42. The number of rotatable bonds is 4. The van der Waals surface area contributed by atoms with Gasteiger partial charge in [0, 0.05) is 31.4 Å². The zero-order chi connectivity index (χ0) is 8.81. The maximum absolute atomic E-state index is 3.37. The molecule has 1 aliphatic heterocycles. The van der Waals surface area contributed by atoms with Gasteiger partial charge in [-0.05, 0) is 19.2 Å². The highest BCUT2D eigenvalue weighted by Crippen LogP contribution is 2.10. The molecule has 0 bridgehead atoms. The van der Waals surface area contributed by atoms with Crippen molar-refractivity contribution in [3.8, 4) is 0 Å². The summed E-state index contributed by atoms with van der Waals surface area (Å²) in [6.45, 7) is 8.42. The van der Waals surface area contributed by atoms with Gasteiger partial charge < -0.3 is 10.2 Å². The van der Waals surface area contributed by atoms with Gasteiger partial charge in [0.15, 0.2) is 0 Å². The molecule has 0 spiro atoms. The summed E-state index contributed by atoms with van der Waals surface area (Å²) in [5.74, 6) is 0. The molecule has 0 aromatic heterocycles. The molecule has 1 unspecified atom stereocenters. The van der Waals surface area contributed by atoms with Crippen LogP contribution >= 0.6 is 11.8 Å². The molecule has 1 fully saturated rings. The number of piperazine rings is 1. The maximum Gasteiger partial charge on any atom is 0.0107 e. The first kappa shape index (κ1) is 10.4. The van der Waals surface area contributed by atoms with Crippen molar-refractivity contribution in [1.82, 2.24) is 10.2 Å². The molecule has 0 aliphatic carbocycles. The molecule has 12 heavy (non-hydrogen) atoms. The average Bonchev–Trinajstić information content (AvgIpc) is 2.16. The monoisotopic (exact) mass is 188 g/mol. The Morgan fingerprint density at radius 1 is 1.42 bits per heavy atom. The van der Waals surface area contributed by atoms with Crippen LogP contribution in [0.1, 0.15) is 13.3 Å².